The molecule has 0 bridgehead atoms. The van der Waals surface area contributed by atoms with Crippen LogP contribution in [0.5, 0.6) is 5.75 Å². The zero-order chi connectivity index (χ0) is 19.9. The van der Waals surface area contributed by atoms with Crippen molar-refractivity contribution in [3.63, 3.8) is 0 Å². The molecular weight excluding hydrogens is 372 g/mol. The van der Waals surface area contributed by atoms with Crippen LogP contribution in [0, 0.1) is 0 Å². The summed E-state index contributed by atoms with van der Waals surface area (Å²) in [7, 11) is 0. The fourth-order valence-electron chi connectivity index (χ4n) is 3.59. The summed E-state index contributed by atoms with van der Waals surface area (Å²) < 4.78 is 5.59. The summed E-state index contributed by atoms with van der Waals surface area (Å²) in [5.74, 6) is 0.807. The van der Waals surface area contributed by atoms with Crippen LogP contribution >= 0.6 is 12.2 Å². The van der Waals surface area contributed by atoms with Crippen molar-refractivity contribution in [1.82, 2.24) is 20.1 Å². The lowest BCUT2D eigenvalue weighted by Gasteiger charge is -2.27. The Hall–Kier alpha value is -2.12. The number of H-pyrrole nitrogens is 1. The molecule has 1 saturated heterocycles. The fraction of sp³-hybridized carbons (Fsp3) is 0.524. The lowest BCUT2D eigenvalue weighted by molar-refractivity contribution is 0.286. The lowest BCUT2D eigenvalue weighted by atomic mass is 10.1. The maximum Gasteiger partial charge on any atom is 0.253 e. The molecule has 1 aliphatic heterocycles. The first kappa shape index (κ1) is 20.6. The van der Waals surface area contributed by atoms with Gasteiger partial charge >= 0.3 is 0 Å². The van der Waals surface area contributed by atoms with E-state index in [0.717, 1.165) is 49.4 Å². The number of nitrogens with one attached hydrogen (secondary N) is 2. The molecule has 3 rings (SSSR count). The van der Waals surface area contributed by atoms with Gasteiger partial charge in [0, 0.05) is 36.1 Å². The number of likely N-dealkylation sites (tertiary alicyclic amines) is 1. The van der Waals surface area contributed by atoms with Crippen LogP contribution in [0.4, 0.5) is 0 Å². The molecule has 28 heavy (non-hydrogen) atoms. The van der Waals surface area contributed by atoms with Crippen molar-refractivity contribution >= 4 is 28.2 Å². The number of ether oxygens (including phenoxy) is 1. The standard InChI is InChI=1S/C21H30N4O2S/c1-3-22-21(28)25(12-11-24-9-5-6-10-24)15-17-13-16-14-18(27-4-2)7-8-19(16)23-20(17)26/h7-8,13-14H,3-6,9-12,15H2,1-2H3,(H,22,28)(H,23,26). The maximum atomic E-state index is 12.6. The average molecular weight is 403 g/mol. The number of hydrogen-bond donors (Lipinski definition) is 2. The van der Waals surface area contributed by atoms with Crippen molar-refractivity contribution in [2.75, 3.05) is 39.3 Å². The molecule has 1 aromatic carbocycles. The van der Waals surface area contributed by atoms with Crippen molar-refractivity contribution in [1.29, 1.82) is 0 Å². The highest BCUT2D eigenvalue weighted by atomic mass is 32.1. The van der Waals surface area contributed by atoms with Crippen molar-refractivity contribution in [3.8, 4) is 5.75 Å². The Morgan fingerprint density at radius 1 is 1.29 bits per heavy atom. The van der Waals surface area contributed by atoms with Crippen LogP contribution in [0.25, 0.3) is 10.9 Å². The van der Waals surface area contributed by atoms with Crippen LogP contribution in [0.2, 0.25) is 0 Å². The van der Waals surface area contributed by atoms with Crippen molar-refractivity contribution in [2.45, 2.75) is 33.2 Å². The summed E-state index contributed by atoms with van der Waals surface area (Å²) in [5, 5.41) is 4.90. The van der Waals surface area contributed by atoms with E-state index in [1.54, 1.807) is 0 Å². The highest BCUT2D eigenvalue weighted by Crippen LogP contribution is 2.20. The molecule has 1 aliphatic rings. The van der Waals surface area contributed by atoms with Crippen LogP contribution in [-0.4, -0.2) is 59.2 Å². The van der Waals surface area contributed by atoms with Gasteiger partial charge in [0.05, 0.1) is 13.2 Å². The second-order valence-corrected chi connectivity index (χ2v) is 7.50. The molecule has 0 spiro atoms. The number of pyridine rings is 1. The Bertz CT molecular complexity index is 861. The molecule has 0 unspecified atom stereocenters. The predicted octanol–water partition coefficient (Wildman–Crippen LogP) is 2.72. The molecule has 7 heteroatoms. The minimum Gasteiger partial charge on any atom is -0.494 e. The van der Waals surface area contributed by atoms with E-state index in [2.05, 4.69) is 20.1 Å². The minimum absolute atomic E-state index is 0.0675. The Morgan fingerprint density at radius 3 is 2.79 bits per heavy atom. The molecule has 0 radical (unpaired) electrons. The summed E-state index contributed by atoms with van der Waals surface area (Å²) >= 11 is 5.57. The first-order valence-electron chi connectivity index (χ1n) is 10.1. The quantitative estimate of drug-likeness (QED) is 0.662. The number of nitrogens with zero attached hydrogens (tertiary/aromatic N) is 2. The first-order chi connectivity index (χ1) is 13.6. The number of benzene rings is 1. The van der Waals surface area contributed by atoms with Gasteiger partial charge in [0.15, 0.2) is 5.11 Å². The fourth-order valence-corrected chi connectivity index (χ4v) is 3.89. The monoisotopic (exact) mass is 402 g/mol. The molecule has 1 aromatic heterocycles. The van der Waals surface area contributed by atoms with Gasteiger partial charge in [-0.3, -0.25) is 4.79 Å². The van der Waals surface area contributed by atoms with Crippen LogP contribution < -0.4 is 15.6 Å². The largest absolute Gasteiger partial charge is 0.494 e. The molecule has 2 heterocycles. The van der Waals surface area contributed by atoms with Crippen LogP contribution in [-0.2, 0) is 6.54 Å². The minimum atomic E-state index is -0.0675. The zero-order valence-electron chi connectivity index (χ0n) is 16.8. The number of rotatable bonds is 8. The molecule has 6 nitrogen and oxygen atoms in total. The third-order valence-corrected chi connectivity index (χ3v) is 5.47. The summed E-state index contributed by atoms with van der Waals surface area (Å²) in [6.07, 6.45) is 2.54. The normalized spacial score (nSPS) is 14.4. The van der Waals surface area contributed by atoms with E-state index in [9.17, 15) is 4.79 Å². The molecule has 2 aromatic rings. The Morgan fingerprint density at radius 2 is 2.07 bits per heavy atom. The molecule has 152 valence electrons. The average Bonchev–Trinajstić information content (AvgIpc) is 3.19. The SMILES string of the molecule is CCNC(=S)N(CCN1CCCC1)Cc1cc2cc(OCC)ccc2[nH]c1=O. The third-order valence-electron chi connectivity index (χ3n) is 5.06. The molecule has 0 amide bonds. The lowest BCUT2D eigenvalue weighted by Crippen LogP contribution is -2.43. The van der Waals surface area contributed by atoms with Crippen LogP contribution in [0.15, 0.2) is 29.1 Å². The predicted molar refractivity (Wildman–Crippen MR) is 118 cm³/mol. The van der Waals surface area contributed by atoms with Gasteiger partial charge in [-0.2, -0.15) is 0 Å². The number of hydrogen-bond acceptors (Lipinski definition) is 4. The number of thiocarbonyl (C=S) groups is 1. The van der Waals surface area contributed by atoms with E-state index in [1.165, 1.54) is 12.8 Å². The van der Waals surface area contributed by atoms with E-state index in [1.807, 2.05) is 38.1 Å². The molecule has 2 N–H and O–H groups in total. The van der Waals surface area contributed by atoms with Gasteiger partial charge in [-0.05, 0) is 76.3 Å². The van der Waals surface area contributed by atoms with Crippen molar-refractivity contribution < 1.29 is 4.74 Å². The first-order valence-corrected chi connectivity index (χ1v) is 10.6. The van der Waals surface area contributed by atoms with Gasteiger partial charge in [0.2, 0.25) is 0 Å². The molecular formula is C21H30N4O2S. The maximum absolute atomic E-state index is 12.6. The van der Waals surface area contributed by atoms with Gasteiger partial charge in [0.25, 0.3) is 5.56 Å². The third kappa shape index (κ3) is 5.23. The van der Waals surface area contributed by atoms with Crippen LogP contribution in [0.3, 0.4) is 0 Å². The molecule has 0 saturated carbocycles. The van der Waals surface area contributed by atoms with E-state index in [4.69, 9.17) is 17.0 Å². The molecule has 0 aliphatic carbocycles. The van der Waals surface area contributed by atoms with Crippen molar-refractivity contribution in [3.05, 3.63) is 40.2 Å². The number of aromatic nitrogens is 1. The topological polar surface area (TPSA) is 60.6 Å². The van der Waals surface area contributed by atoms with Gasteiger partial charge in [-0.1, -0.05) is 0 Å². The smallest absolute Gasteiger partial charge is 0.253 e. The van der Waals surface area contributed by atoms with Gasteiger partial charge < -0.3 is 24.8 Å². The van der Waals surface area contributed by atoms with Gasteiger partial charge in [0.1, 0.15) is 5.75 Å². The summed E-state index contributed by atoms with van der Waals surface area (Å²) in [6, 6.07) is 7.69. The second kappa shape index (κ2) is 9.89. The summed E-state index contributed by atoms with van der Waals surface area (Å²) in [4.78, 5) is 20.2. The molecule has 0 atom stereocenters. The van der Waals surface area contributed by atoms with Gasteiger partial charge in [-0.15, -0.1) is 0 Å². The van der Waals surface area contributed by atoms with E-state index in [-0.39, 0.29) is 5.56 Å². The Kier molecular flexibility index (Phi) is 7.28. The number of fused-ring (bicyclic) bond motifs is 1. The summed E-state index contributed by atoms with van der Waals surface area (Å²) in [6.45, 7) is 9.94. The van der Waals surface area contributed by atoms with E-state index < -0.39 is 0 Å². The van der Waals surface area contributed by atoms with Crippen LogP contribution in [0.1, 0.15) is 32.3 Å². The number of aromatic amines is 1. The van der Waals surface area contributed by atoms with E-state index >= 15 is 0 Å². The Balaban J connectivity index is 1.80. The molecule has 1 fully saturated rings. The highest BCUT2D eigenvalue weighted by Gasteiger charge is 2.16. The van der Waals surface area contributed by atoms with E-state index in [0.29, 0.717) is 23.8 Å². The summed E-state index contributed by atoms with van der Waals surface area (Å²) in [5.41, 5.74) is 1.46. The van der Waals surface area contributed by atoms with Gasteiger partial charge in [-0.25, -0.2) is 0 Å². The zero-order valence-corrected chi connectivity index (χ0v) is 17.6. The second-order valence-electron chi connectivity index (χ2n) is 7.11. The highest BCUT2D eigenvalue weighted by molar-refractivity contribution is 7.80. The Labute approximate surface area is 171 Å². The van der Waals surface area contributed by atoms with Crippen molar-refractivity contribution in [2.24, 2.45) is 0 Å².